The van der Waals surface area contributed by atoms with Crippen LogP contribution in [0.3, 0.4) is 0 Å². The number of nitrogens with two attached hydrogens (primary N) is 1. The predicted octanol–water partition coefficient (Wildman–Crippen LogP) is 2.90. The number of hydrogen-bond acceptors (Lipinski definition) is 3. The molecule has 3 N–H and O–H groups in total. The molecule has 0 radical (unpaired) electrons. The summed E-state index contributed by atoms with van der Waals surface area (Å²) >= 11 is 6.06. The van der Waals surface area contributed by atoms with Gasteiger partial charge in [-0.05, 0) is 30.5 Å². The number of rotatable bonds is 7. The minimum Gasteiger partial charge on any atom is -0.496 e. The monoisotopic (exact) mass is 298 g/mol. The highest BCUT2D eigenvalue weighted by atomic mass is 35.5. The molecule has 1 rings (SSSR count). The lowest BCUT2D eigenvalue weighted by atomic mass is 9.96. The fraction of sp³-hybridized carbons (Fsp3) is 0.533. The lowest BCUT2D eigenvalue weighted by Crippen LogP contribution is -2.31. The van der Waals surface area contributed by atoms with Crippen molar-refractivity contribution >= 4 is 17.5 Å². The third-order valence-corrected chi connectivity index (χ3v) is 3.22. The van der Waals surface area contributed by atoms with Crippen LogP contribution >= 0.6 is 11.6 Å². The second kappa shape index (κ2) is 8.12. The van der Waals surface area contributed by atoms with Crippen LogP contribution in [0, 0.1) is 5.92 Å². The zero-order valence-corrected chi connectivity index (χ0v) is 13.0. The number of methoxy groups -OCH3 is 1. The molecule has 0 fully saturated rings. The van der Waals surface area contributed by atoms with E-state index in [0.29, 0.717) is 23.9 Å². The molecule has 0 aliphatic carbocycles. The van der Waals surface area contributed by atoms with Crippen molar-refractivity contribution in [1.29, 1.82) is 0 Å². The minimum atomic E-state index is -0.123. The second-order valence-electron chi connectivity index (χ2n) is 5.17. The van der Waals surface area contributed by atoms with Crippen LogP contribution in [0.2, 0.25) is 5.02 Å². The Hall–Kier alpha value is -1.26. The number of halogens is 1. The van der Waals surface area contributed by atoms with Gasteiger partial charge < -0.3 is 15.8 Å². The standard InChI is InChI=1S/C15H23ClN2O2/c1-10(2)8-13(18-15(19)6-7-17)12-9-11(16)4-5-14(12)20-3/h4-5,9-10,13H,6-8,17H2,1-3H3,(H,18,19). The molecule has 20 heavy (non-hydrogen) atoms. The van der Waals surface area contributed by atoms with Crippen LogP contribution in [0.15, 0.2) is 18.2 Å². The maximum absolute atomic E-state index is 11.8. The van der Waals surface area contributed by atoms with Crippen LogP contribution in [0.4, 0.5) is 0 Å². The van der Waals surface area contributed by atoms with Crippen molar-refractivity contribution in [3.8, 4) is 5.75 Å². The van der Waals surface area contributed by atoms with Crippen LogP contribution in [0.5, 0.6) is 5.75 Å². The molecular formula is C15H23ClN2O2. The van der Waals surface area contributed by atoms with E-state index in [2.05, 4.69) is 19.2 Å². The molecule has 1 amide bonds. The first-order valence-electron chi connectivity index (χ1n) is 6.80. The maximum Gasteiger partial charge on any atom is 0.221 e. The minimum absolute atomic E-state index is 0.0554. The zero-order chi connectivity index (χ0) is 15.1. The van der Waals surface area contributed by atoms with E-state index in [1.54, 1.807) is 13.2 Å². The number of nitrogens with one attached hydrogen (secondary N) is 1. The average Bonchev–Trinajstić information content (AvgIpc) is 2.37. The number of ether oxygens (including phenoxy) is 1. The van der Waals surface area contributed by atoms with E-state index in [4.69, 9.17) is 22.1 Å². The Labute approximate surface area is 125 Å². The maximum atomic E-state index is 11.8. The van der Waals surface area contributed by atoms with E-state index in [1.807, 2.05) is 12.1 Å². The van der Waals surface area contributed by atoms with Gasteiger partial charge in [-0.15, -0.1) is 0 Å². The van der Waals surface area contributed by atoms with Crippen LogP contribution in [0.1, 0.15) is 38.3 Å². The van der Waals surface area contributed by atoms with Crippen molar-refractivity contribution in [2.75, 3.05) is 13.7 Å². The summed E-state index contributed by atoms with van der Waals surface area (Å²) in [6, 6.07) is 5.32. The SMILES string of the molecule is COc1ccc(Cl)cc1C(CC(C)C)NC(=O)CCN. The van der Waals surface area contributed by atoms with Gasteiger partial charge in [0.05, 0.1) is 13.2 Å². The molecule has 0 spiro atoms. The Morgan fingerprint density at radius 3 is 2.70 bits per heavy atom. The third kappa shape index (κ3) is 5.02. The topological polar surface area (TPSA) is 64.3 Å². The molecule has 112 valence electrons. The number of amides is 1. The molecule has 0 bridgehead atoms. The second-order valence-corrected chi connectivity index (χ2v) is 5.61. The Bertz CT molecular complexity index is 449. The summed E-state index contributed by atoms with van der Waals surface area (Å²) in [6.07, 6.45) is 1.13. The van der Waals surface area contributed by atoms with E-state index in [-0.39, 0.29) is 11.9 Å². The highest BCUT2D eigenvalue weighted by molar-refractivity contribution is 6.30. The van der Waals surface area contributed by atoms with Crippen molar-refractivity contribution in [3.05, 3.63) is 28.8 Å². The summed E-state index contributed by atoms with van der Waals surface area (Å²) in [6.45, 7) is 4.56. The first-order chi connectivity index (χ1) is 9.47. The summed E-state index contributed by atoms with van der Waals surface area (Å²) in [5.74, 6) is 1.11. The Morgan fingerprint density at radius 1 is 1.45 bits per heavy atom. The fourth-order valence-electron chi connectivity index (χ4n) is 2.11. The average molecular weight is 299 g/mol. The van der Waals surface area contributed by atoms with E-state index in [1.165, 1.54) is 0 Å². The van der Waals surface area contributed by atoms with E-state index in [9.17, 15) is 4.79 Å². The number of carbonyl (C=O) groups excluding carboxylic acids is 1. The van der Waals surface area contributed by atoms with Gasteiger partial charge in [-0.25, -0.2) is 0 Å². The molecule has 1 aromatic carbocycles. The van der Waals surface area contributed by atoms with Crippen molar-refractivity contribution < 1.29 is 9.53 Å². The highest BCUT2D eigenvalue weighted by Crippen LogP contribution is 2.31. The predicted molar refractivity (Wildman–Crippen MR) is 82.0 cm³/mol. The van der Waals surface area contributed by atoms with Gasteiger partial charge in [-0.3, -0.25) is 4.79 Å². The lowest BCUT2D eigenvalue weighted by molar-refractivity contribution is -0.121. The first-order valence-corrected chi connectivity index (χ1v) is 7.18. The van der Waals surface area contributed by atoms with Gasteiger partial charge in [-0.2, -0.15) is 0 Å². The fourth-order valence-corrected chi connectivity index (χ4v) is 2.29. The van der Waals surface area contributed by atoms with Crippen LogP contribution in [0.25, 0.3) is 0 Å². The Morgan fingerprint density at radius 2 is 2.15 bits per heavy atom. The van der Waals surface area contributed by atoms with Crippen LogP contribution in [-0.2, 0) is 4.79 Å². The number of hydrogen-bond donors (Lipinski definition) is 2. The molecule has 0 aliphatic heterocycles. The largest absolute Gasteiger partial charge is 0.496 e. The number of benzene rings is 1. The normalized spacial score (nSPS) is 12.3. The van der Waals surface area contributed by atoms with Gasteiger partial charge in [0.25, 0.3) is 0 Å². The van der Waals surface area contributed by atoms with Gasteiger partial charge >= 0.3 is 0 Å². The first kappa shape index (κ1) is 16.8. The Kier molecular flexibility index (Phi) is 6.82. The van der Waals surface area contributed by atoms with Crippen molar-refractivity contribution in [1.82, 2.24) is 5.32 Å². The lowest BCUT2D eigenvalue weighted by Gasteiger charge is -2.23. The summed E-state index contributed by atoms with van der Waals surface area (Å²) < 4.78 is 5.37. The third-order valence-electron chi connectivity index (χ3n) is 2.98. The molecule has 1 unspecified atom stereocenters. The van der Waals surface area contributed by atoms with Crippen LogP contribution < -0.4 is 15.8 Å². The zero-order valence-electron chi connectivity index (χ0n) is 12.3. The van der Waals surface area contributed by atoms with Gasteiger partial charge in [0.1, 0.15) is 5.75 Å². The van der Waals surface area contributed by atoms with E-state index >= 15 is 0 Å². The quantitative estimate of drug-likeness (QED) is 0.813. The Balaban J connectivity index is 3.03. The van der Waals surface area contributed by atoms with E-state index in [0.717, 1.165) is 17.7 Å². The van der Waals surface area contributed by atoms with Crippen LogP contribution in [-0.4, -0.2) is 19.6 Å². The van der Waals surface area contributed by atoms with E-state index < -0.39 is 0 Å². The molecule has 4 nitrogen and oxygen atoms in total. The smallest absolute Gasteiger partial charge is 0.221 e. The molecule has 0 aliphatic rings. The summed E-state index contributed by atoms with van der Waals surface area (Å²) in [7, 11) is 1.61. The summed E-state index contributed by atoms with van der Waals surface area (Å²) in [5.41, 5.74) is 6.32. The summed E-state index contributed by atoms with van der Waals surface area (Å²) in [4.78, 5) is 11.8. The molecule has 5 heteroatoms. The molecule has 0 aromatic heterocycles. The van der Waals surface area contributed by atoms with Crippen molar-refractivity contribution in [3.63, 3.8) is 0 Å². The molecule has 1 aromatic rings. The highest BCUT2D eigenvalue weighted by Gasteiger charge is 2.20. The molecule has 1 atom stereocenters. The summed E-state index contributed by atoms with van der Waals surface area (Å²) in [5, 5.41) is 3.64. The van der Waals surface area contributed by atoms with Crippen molar-refractivity contribution in [2.45, 2.75) is 32.7 Å². The molecule has 0 saturated carbocycles. The molecule has 0 saturated heterocycles. The molecule has 0 heterocycles. The van der Waals surface area contributed by atoms with Gasteiger partial charge in [0.15, 0.2) is 0 Å². The van der Waals surface area contributed by atoms with Gasteiger partial charge in [0.2, 0.25) is 5.91 Å². The number of carbonyl (C=O) groups is 1. The molecular weight excluding hydrogens is 276 g/mol. The van der Waals surface area contributed by atoms with Crippen molar-refractivity contribution in [2.24, 2.45) is 11.7 Å². The van der Waals surface area contributed by atoms with Gasteiger partial charge in [-0.1, -0.05) is 25.4 Å². The van der Waals surface area contributed by atoms with Gasteiger partial charge in [0, 0.05) is 23.6 Å².